The Hall–Kier alpha value is -7.92. The van der Waals surface area contributed by atoms with E-state index < -0.39 is 0 Å². The van der Waals surface area contributed by atoms with Crippen molar-refractivity contribution in [2.45, 2.75) is 0 Å². The van der Waals surface area contributed by atoms with E-state index in [2.05, 4.69) is 166 Å². The average Bonchev–Trinajstić information content (AvgIpc) is 3.98. The molecule has 0 saturated heterocycles. The van der Waals surface area contributed by atoms with Gasteiger partial charge in [0.15, 0.2) is 0 Å². The second-order valence-electron chi connectivity index (χ2n) is 15.0. The minimum atomic E-state index is 0.332. The van der Waals surface area contributed by atoms with Gasteiger partial charge in [-0.25, -0.2) is 4.85 Å². The van der Waals surface area contributed by atoms with Crippen LogP contribution in [0.2, 0.25) is 0 Å². The first kappa shape index (κ1) is 29.5. The van der Waals surface area contributed by atoms with Crippen LogP contribution >= 0.6 is 0 Å². The number of rotatable bonds is 2. The van der Waals surface area contributed by atoms with E-state index in [0.29, 0.717) is 11.3 Å². The fraction of sp³-hybridized carbons (Fsp3) is 0. The molecule has 4 heteroatoms. The van der Waals surface area contributed by atoms with Crippen molar-refractivity contribution in [1.82, 2.24) is 9.13 Å². The van der Waals surface area contributed by atoms with Crippen LogP contribution in [-0.2, 0) is 0 Å². The summed E-state index contributed by atoms with van der Waals surface area (Å²) in [5.74, 6) is 0. The zero-order valence-electron chi connectivity index (χ0n) is 29.8. The third kappa shape index (κ3) is 3.48. The molecule has 0 atom stereocenters. The lowest BCUT2D eigenvalue weighted by Gasteiger charge is -2.19. The summed E-state index contributed by atoms with van der Waals surface area (Å²) in [6, 6.07) is 58.9. The first-order valence-electron chi connectivity index (χ1n) is 18.9. The smallest absolute Gasteiger partial charge is 0.206 e. The van der Waals surface area contributed by atoms with Crippen molar-refractivity contribution in [3.63, 3.8) is 0 Å². The van der Waals surface area contributed by atoms with Crippen molar-refractivity contribution in [2.24, 2.45) is 0 Å². The lowest BCUT2D eigenvalue weighted by atomic mass is 9.99. The lowest BCUT2D eigenvalue weighted by Crippen LogP contribution is -2.05. The van der Waals surface area contributed by atoms with Crippen LogP contribution in [0.15, 0.2) is 158 Å². The Labute approximate surface area is 320 Å². The second kappa shape index (κ2) is 10.4. The van der Waals surface area contributed by atoms with Gasteiger partial charge in [0.1, 0.15) is 0 Å². The highest BCUT2D eigenvalue weighted by molar-refractivity contribution is 6.29. The number of hydrogen-bond acceptors (Lipinski definition) is 1. The Morgan fingerprint density at radius 3 is 1.30 bits per heavy atom. The Kier molecular flexibility index (Phi) is 5.48. The maximum Gasteiger partial charge on any atom is 0.206 e. The summed E-state index contributed by atoms with van der Waals surface area (Å²) in [5, 5.41) is 20.0. The van der Waals surface area contributed by atoms with Crippen LogP contribution in [0.3, 0.4) is 0 Å². The molecule has 11 aromatic rings. The van der Waals surface area contributed by atoms with Gasteiger partial charge >= 0.3 is 0 Å². The summed E-state index contributed by atoms with van der Waals surface area (Å²) in [5.41, 5.74) is 16.6. The molecule has 0 radical (unpaired) electrons. The molecule has 2 aliphatic carbocycles. The second-order valence-corrected chi connectivity index (χ2v) is 15.0. The average molecular weight is 707 g/mol. The highest BCUT2D eigenvalue weighted by atomic mass is 15.1. The number of para-hydroxylation sites is 2. The topological polar surface area (TPSA) is 38.0 Å². The van der Waals surface area contributed by atoms with Crippen LogP contribution in [0, 0.1) is 17.9 Å². The minimum Gasteiger partial charge on any atom is -0.308 e. The van der Waals surface area contributed by atoms with Crippen molar-refractivity contribution in [1.29, 1.82) is 5.26 Å². The van der Waals surface area contributed by atoms with Gasteiger partial charge in [0.25, 0.3) is 0 Å². The number of fused-ring (bicyclic) bond motifs is 14. The van der Waals surface area contributed by atoms with Gasteiger partial charge in [0, 0.05) is 32.3 Å². The van der Waals surface area contributed by atoms with E-state index in [4.69, 9.17) is 6.57 Å². The molecular formula is C52H26N4. The Balaban J connectivity index is 1.24. The van der Waals surface area contributed by atoms with Gasteiger partial charge in [0.05, 0.1) is 51.6 Å². The fourth-order valence-electron chi connectivity index (χ4n) is 10.3. The van der Waals surface area contributed by atoms with E-state index in [1.165, 1.54) is 55.3 Å². The molecule has 2 aromatic heterocycles. The highest BCUT2D eigenvalue weighted by Gasteiger charge is 2.29. The van der Waals surface area contributed by atoms with Crippen molar-refractivity contribution < 1.29 is 0 Å². The van der Waals surface area contributed by atoms with Crippen LogP contribution in [0.5, 0.6) is 0 Å². The zero-order valence-corrected chi connectivity index (χ0v) is 29.8. The summed E-state index contributed by atoms with van der Waals surface area (Å²) in [6.07, 6.45) is 0. The molecule has 254 valence electrons. The lowest BCUT2D eigenvalue weighted by molar-refractivity contribution is 1.10. The Bertz CT molecular complexity index is 3480. The summed E-state index contributed by atoms with van der Waals surface area (Å²) in [6.45, 7) is 8.30. The molecule has 0 bridgehead atoms. The van der Waals surface area contributed by atoms with Crippen LogP contribution in [0.25, 0.3) is 126 Å². The fourth-order valence-corrected chi connectivity index (χ4v) is 10.3. The number of hydrogen-bond donors (Lipinski definition) is 0. The molecule has 9 aromatic carbocycles. The van der Waals surface area contributed by atoms with E-state index in [-0.39, 0.29) is 0 Å². The van der Waals surface area contributed by atoms with Gasteiger partial charge in [-0.15, -0.1) is 0 Å². The first-order chi connectivity index (χ1) is 27.7. The predicted octanol–water partition coefficient (Wildman–Crippen LogP) is 13.9. The molecule has 0 unspecified atom stereocenters. The van der Waals surface area contributed by atoms with Gasteiger partial charge in [-0.2, -0.15) is 5.26 Å². The minimum absolute atomic E-state index is 0.332. The maximum absolute atomic E-state index is 10.6. The number of benzene rings is 9. The SMILES string of the molecule is [C-]#[N+]c1cc(-n2c3ccccc3c3cc4c5c(cccc5c32)-c2ccccc2-4)c(-n2c3ccccc3c3cc4c5c(cccc5c32)-c2ccccc2-4)cc1C#N. The monoisotopic (exact) mass is 706 g/mol. The van der Waals surface area contributed by atoms with E-state index in [9.17, 15) is 5.26 Å². The number of nitriles is 1. The van der Waals surface area contributed by atoms with Gasteiger partial charge in [-0.1, -0.05) is 121 Å². The molecule has 0 aliphatic heterocycles. The molecule has 0 N–H and O–H groups in total. The molecule has 0 saturated carbocycles. The summed E-state index contributed by atoms with van der Waals surface area (Å²) in [7, 11) is 0. The highest BCUT2D eigenvalue weighted by Crippen LogP contribution is 2.53. The third-order valence-electron chi connectivity index (χ3n) is 12.4. The van der Waals surface area contributed by atoms with Crippen molar-refractivity contribution >= 4 is 70.8 Å². The van der Waals surface area contributed by atoms with E-state index >= 15 is 0 Å². The van der Waals surface area contributed by atoms with Crippen LogP contribution in [0.4, 0.5) is 5.69 Å². The summed E-state index contributed by atoms with van der Waals surface area (Å²) in [4.78, 5) is 3.96. The van der Waals surface area contributed by atoms with Crippen molar-refractivity contribution in [2.75, 3.05) is 0 Å². The first-order valence-corrected chi connectivity index (χ1v) is 18.9. The van der Waals surface area contributed by atoms with E-state index in [1.54, 1.807) is 0 Å². The summed E-state index contributed by atoms with van der Waals surface area (Å²) >= 11 is 0. The van der Waals surface area contributed by atoms with E-state index in [1.807, 2.05) is 12.1 Å². The molecule has 2 aliphatic rings. The number of nitrogens with zero attached hydrogens (tertiary/aromatic N) is 4. The van der Waals surface area contributed by atoms with Gasteiger partial charge < -0.3 is 9.13 Å². The number of aromatic nitrogens is 2. The maximum atomic E-state index is 10.6. The Morgan fingerprint density at radius 2 is 0.821 bits per heavy atom. The molecule has 13 rings (SSSR count). The van der Waals surface area contributed by atoms with Gasteiger partial charge in [0.2, 0.25) is 5.69 Å². The molecule has 0 amide bonds. The molecule has 4 nitrogen and oxygen atoms in total. The van der Waals surface area contributed by atoms with Crippen LogP contribution in [-0.4, -0.2) is 9.13 Å². The molecule has 2 heterocycles. The Morgan fingerprint density at radius 1 is 0.411 bits per heavy atom. The molecule has 56 heavy (non-hydrogen) atoms. The van der Waals surface area contributed by atoms with Crippen LogP contribution in [0.1, 0.15) is 5.56 Å². The van der Waals surface area contributed by atoms with Gasteiger partial charge in [-0.3, -0.25) is 0 Å². The van der Waals surface area contributed by atoms with E-state index in [0.717, 1.165) is 65.8 Å². The van der Waals surface area contributed by atoms with Crippen LogP contribution < -0.4 is 0 Å². The van der Waals surface area contributed by atoms with Crippen molar-refractivity contribution in [3.05, 3.63) is 175 Å². The quantitative estimate of drug-likeness (QED) is 0.165. The predicted molar refractivity (Wildman–Crippen MR) is 230 cm³/mol. The molecule has 0 fully saturated rings. The standard InChI is InChI=1S/C52H26N4/c1-54-44-27-48(56-46-23-9-7-17-35(46)43-26-41-33-15-5-3-13-31(33)37-19-11-21-39(50(37)41)52(43)56)47(24-29(44)28-53)55-45-22-8-6-16-34(45)42-25-40-32-14-4-2-12-30(32)36-18-10-20-38(49(36)40)51(42)55/h2-27H. The van der Waals surface area contributed by atoms with Gasteiger partial charge in [-0.05, 0) is 91.7 Å². The largest absolute Gasteiger partial charge is 0.308 e. The van der Waals surface area contributed by atoms with Crippen molar-refractivity contribution in [3.8, 4) is 62.0 Å². The third-order valence-corrected chi connectivity index (χ3v) is 12.4. The zero-order chi connectivity index (χ0) is 36.8. The summed E-state index contributed by atoms with van der Waals surface area (Å²) < 4.78 is 4.72. The molecular weight excluding hydrogens is 681 g/mol. The normalized spacial score (nSPS) is 12.2. The molecule has 0 spiro atoms.